The molecule has 5 rings (SSSR count). The van der Waals surface area contributed by atoms with Crippen LogP contribution in [0.4, 0.5) is 24.8 Å². The normalized spacial score (nSPS) is 22.4. The average molecular weight is 560 g/mol. The van der Waals surface area contributed by atoms with Gasteiger partial charge in [-0.2, -0.15) is 13.2 Å². The van der Waals surface area contributed by atoms with E-state index >= 15 is 0 Å². The van der Waals surface area contributed by atoms with E-state index in [4.69, 9.17) is 0 Å². The molecule has 0 unspecified atom stereocenters. The summed E-state index contributed by atoms with van der Waals surface area (Å²) in [5, 5.41) is 18.1. The molecule has 2 heterocycles. The summed E-state index contributed by atoms with van der Waals surface area (Å²) in [5.41, 5.74) is 0.199. The lowest BCUT2D eigenvalue weighted by molar-refractivity contribution is -0.141. The van der Waals surface area contributed by atoms with E-state index < -0.39 is 17.5 Å². The molecular formula is C28H32F3N5O2S. The summed E-state index contributed by atoms with van der Waals surface area (Å²) in [6, 6.07) is 6.45. The highest BCUT2D eigenvalue weighted by atomic mass is 32.1. The van der Waals surface area contributed by atoms with Crippen LogP contribution in [-0.2, 0) is 16.6 Å². The second kappa shape index (κ2) is 11.2. The Bertz CT molecular complexity index is 1310. The van der Waals surface area contributed by atoms with E-state index in [0.29, 0.717) is 36.4 Å². The topological polar surface area (TPSA) is 100 Å². The van der Waals surface area contributed by atoms with Gasteiger partial charge in [-0.3, -0.25) is 4.79 Å². The van der Waals surface area contributed by atoms with E-state index in [2.05, 4.69) is 25.6 Å². The summed E-state index contributed by atoms with van der Waals surface area (Å²) in [7, 11) is 0. The highest BCUT2D eigenvalue weighted by Crippen LogP contribution is 2.41. The lowest BCUT2D eigenvalue weighted by atomic mass is 9.82. The molecule has 3 aromatic rings. The van der Waals surface area contributed by atoms with Gasteiger partial charge < -0.3 is 15.7 Å². The number of carbonyl (C=O) groups excluding carboxylic acids is 1. The van der Waals surface area contributed by atoms with Crippen molar-refractivity contribution in [1.82, 2.24) is 20.3 Å². The monoisotopic (exact) mass is 559 g/mol. The van der Waals surface area contributed by atoms with Gasteiger partial charge in [0, 0.05) is 30.0 Å². The number of aryl methyl sites for hydroxylation is 1. The molecule has 7 nitrogen and oxygen atoms in total. The molecule has 2 aliphatic carbocycles. The van der Waals surface area contributed by atoms with Crippen LogP contribution in [-0.4, -0.2) is 32.0 Å². The van der Waals surface area contributed by atoms with Crippen molar-refractivity contribution in [1.29, 1.82) is 0 Å². The minimum atomic E-state index is -4.56. The Balaban J connectivity index is 1.25. The molecule has 2 saturated carbocycles. The highest BCUT2D eigenvalue weighted by molar-refractivity contribution is 7.15. The number of nitrogens with one attached hydrogen (secondary N) is 2. The van der Waals surface area contributed by atoms with Crippen LogP contribution in [0.3, 0.4) is 0 Å². The van der Waals surface area contributed by atoms with Crippen LogP contribution in [0, 0.1) is 12.8 Å². The Kier molecular flexibility index (Phi) is 7.91. The number of nitrogens with zero attached hydrogens (tertiary/aromatic N) is 3. The molecule has 0 atom stereocenters. The summed E-state index contributed by atoms with van der Waals surface area (Å²) < 4.78 is 39.1. The van der Waals surface area contributed by atoms with Crippen molar-refractivity contribution in [3.63, 3.8) is 0 Å². The summed E-state index contributed by atoms with van der Waals surface area (Å²) in [6.07, 6.45) is 6.03. The van der Waals surface area contributed by atoms with Gasteiger partial charge in [0.25, 0.3) is 0 Å². The molecule has 208 valence electrons. The van der Waals surface area contributed by atoms with Crippen molar-refractivity contribution in [2.24, 2.45) is 5.92 Å². The van der Waals surface area contributed by atoms with E-state index in [1.54, 1.807) is 18.3 Å². The predicted molar refractivity (Wildman–Crippen MR) is 143 cm³/mol. The molecule has 0 spiro atoms. The van der Waals surface area contributed by atoms with Gasteiger partial charge in [0.1, 0.15) is 16.3 Å². The van der Waals surface area contributed by atoms with Gasteiger partial charge in [-0.25, -0.2) is 15.0 Å². The van der Waals surface area contributed by atoms with E-state index in [-0.39, 0.29) is 23.8 Å². The van der Waals surface area contributed by atoms with E-state index in [1.807, 2.05) is 13.0 Å². The molecule has 0 aliphatic heterocycles. The maximum atomic E-state index is 13.0. The fraction of sp³-hybridized carbons (Fsp3) is 0.500. The molecule has 1 amide bonds. The number of aromatic nitrogens is 3. The van der Waals surface area contributed by atoms with Crippen LogP contribution >= 0.6 is 11.3 Å². The van der Waals surface area contributed by atoms with Crippen molar-refractivity contribution in [3.8, 4) is 10.4 Å². The molecule has 39 heavy (non-hydrogen) atoms. The van der Waals surface area contributed by atoms with Crippen molar-refractivity contribution in [2.75, 3.05) is 5.32 Å². The highest BCUT2D eigenvalue weighted by Gasteiger charge is 2.38. The SMILES string of the molecule is Cc1cc(Nc2nccc(C(F)(F)F)n2)cc(-c2cnc([C@]3(O)CC[C@@H](NC(=O)C4CCCCC4)CC3)s2)c1. The second-order valence-electron chi connectivity index (χ2n) is 10.7. The summed E-state index contributed by atoms with van der Waals surface area (Å²) in [4.78, 5) is 25.5. The van der Waals surface area contributed by atoms with Gasteiger partial charge >= 0.3 is 6.18 Å². The van der Waals surface area contributed by atoms with Gasteiger partial charge in [0.2, 0.25) is 11.9 Å². The fourth-order valence-electron chi connectivity index (χ4n) is 5.46. The van der Waals surface area contributed by atoms with Gasteiger partial charge in [-0.05, 0) is 74.8 Å². The van der Waals surface area contributed by atoms with Crippen molar-refractivity contribution in [2.45, 2.75) is 82.5 Å². The second-order valence-corrected chi connectivity index (χ2v) is 11.7. The van der Waals surface area contributed by atoms with Crippen LogP contribution in [0.1, 0.15) is 74.1 Å². The molecule has 1 aromatic carbocycles. The van der Waals surface area contributed by atoms with Crippen LogP contribution in [0.15, 0.2) is 36.7 Å². The zero-order valence-corrected chi connectivity index (χ0v) is 22.5. The van der Waals surface area contributed by atoms with Crippen LogP contribution in [0.25, 0.3) is 10.4 Å². The number of benzene rings is 1. The van der Waals surface area contributed by atoms with Gasteiger partial charge in [0.05, 0.1) is 4.88 Å². The molecule has 3 N–H and O–H groups in total. The smallest absolute Gasteiger partial charge is 0.383 e. The molecule has 2 aliphatic rings. The third kappa shape index (κ3) is 6.58. The molecule has 0 bridgehead atoms. The van der Waals surface area contributed by atoms with Crippen molar-refractivity contribution >= 4 is 28.9 Å². The molecule has 0 saturated heterocycles. The van der Waals surface area contributed by atoms with Gasteiger partial charge in [-0.15, -0.1) is 11.3 Å². The number of halogens is 3. The van der Waals surface area contributed by atoms with Crippen molar-refractivity contribution < 1.29 is 23.1 Å². The van der Waals surface area contributed by atoms with Crippen LogP contribution < -0.4 is 10.6 Å². The number of rotatable bonds is 6. The first-order valence-corrected chi connectivity index (χ1v) is 14.2. The van der Waals surface area contributed by atoms with E-state index in [1.165, 1.54) is 17.8 Å². The maximum absolute atomic E-state index is 13.0. The lowest BCUT2D eigenvalue weighted by Crippen LogP contribution is -2.44. The Morgan fingerprint density at radius 3 is 2.54 bits per heavy atom. The largest absolute Gasteiger partial charge is 0.433 e. The maximum Gasteiger partial charge on any atom is 0.433 e. The standard InChI is InChI=1S/C28H32F3N5O2S/c1-17-13-19(15-21(14-17)35-26-32-12-9-23(36-26)28(29,30)31)22-16-33-25(39-22)27(38)10-7-20(8-11-27)34-24(37)18-5-3-2-4-6-18/h9,12-16,18,20,38H,2-8,10-11H2,1H3,(H,34,37)(H,32,35,36)/t20-,27+. The lowest BCUT2D eigenvalue weighted by Gasteiger charge is -2.35. The molecule has 2 aromatic heterocycles. The minimum Gasteiger partial charge on any atom is -0.383 e. The zero-order valence-electron chi connectivity index (χ0n) is 21.7. The number of aliphatic hydroxyl groups is 1. The first-order chi connectivity index (χ1) is 18.6. The summed E-state index contributed by atoms with van der Waals surface area (Å²) in [5.74, 6) is 0.129. The van der Waals surface area contributed by atoms with E-state index in [0.717, 1.165) is 54.0 Å². The number of alkyl halides is 3. The molecule has 11 heteroatoms. The Labute approximate surface area is 229 Å². The number of carbonyl (C=O) groups is 1. The third-order valence-corrected chi connectivity index (χ3v) is 8.84. The Morgan fingerprint density at radius 2 is 1.82 bits per heavy atom. The van der Waals surface area contributed by atoms with Gasteiger partial charge in [0.15, 0.2) is 0 Å². The summed E-state index contributed by atoms with van der Waals surface area (Å²) in [6.45, 7) is 1.89. The number of anilines is 2. The molecule has 2 fully saturated rings. The number of thiazole rings is 1. The molecule has 0 radical (unpaired) electrons. The first-order valence-electron chi connectivity index (χ1n) is 13.4. The van der Waals surface area contributed by atoms with Gasteiger partial charge in [-0.1, -0.05) is 25.3 Å². The van der Waals surface area contributed by atoms with Crippen LogP contribution in [0.5, 0.6) is 0 Å². The number of amides is 1. The number of hydrogen-bond donors (Lipinski definition) is 3. The van der Waals surface area contributed by atoms with Crippen molar-refractivity contribution in [3.05, 3.63) is 52.9 Å². The zero-order chi connectivity index (χ0) is 27.6. The minimum absolute atomic E-state index is 0.0719. The van der Waals surface area contributed by atoms with Crippen LogP contribution in [0.2, 0.25) is 0 Å². The van der Waals surface area contributed by atoms with E-state index in [9.17, 15) is 23.1 Å². The Hall–Kier alpha value is -3.05. The quantitative estimate of drug-likeness (QED) is 0.319. The molecular weight excluding hydrogens is 527 g/mol. The number of hydrogen-bond acceptors (Lipinski definition) is 7. The fourth-order valence-corrected chi connectivity index (χ4v) is 6.51. The summed E-state index contributed by atoms with van der Waals surface area (Å²) >= 11 is 1.40. The Morgan fingerprint density at radius 1 is 1.08 bits per heavy atom. The average Bonchev–Trinajstić information content (AvgIpc) is 3.42. The first kappa shape index (κ1) is 27.5. The third-order valence-electron chi connectivity index (χ3n) is 7.60. The predicted octanol–water partition coefficient (Wildman–Crippen LogP) is 6.50.